The Balaban J connectivity index is 1.73. The third-order valence-corrected chi connectivity index (χ3v) is 4.76. The van der Waals surface area contributed by atoms with E-state index >= 15 is 0 Å². The number of carbonyl (C=O) groups excluding carboxylic acids is 2. The molecule has 3 rings (SSSR count). The van der Waals surface area contributed by atoms with Crippen molar-refractivity contribution in [1.82, 2.24) is 15.2 Å². The van der Waals surface area contributed by atoms with Crippen molar-refractivity contribution in [3.8, 4) is 0 Å². The number of hydrogen-bond donors (Lipinski definition) is 1. The van der Waals surface area contributed by atoms with E-state index in [9.17, 15) is 9.59 Å². The Kier molecular flexibility index (Phi) is 6.41. The molecule has 7 nitrogen and oxygen atoms in total. The second kappa shape index (κ2) is 8.83. The molecule has 0 spiro atoms. The zero-order chi connectivity index (χ0) is 21.9. The van der Waals surface area contributed by atoms with Gasteiger partial charge in [-0.3, -0.25) is 14.5 Å². The lowest BCUT2D eigenvalue weighted by molar-refractivity contribution is -0.134. The van der Waals surface area contributed by atoms with Gasteiger partial charge in [0.2, 0.25) is 5.91 Å². The molecule has 160 valence electrons. The predicted molar refractivity (Wildman–Crippen MR) is 116 cm³/mol. The van der Waals surface area contributed by atoms with Gasteiger partial charge in [0, 0.05) is 12.0 Å². The first-order valence-electron chi connectivity index (χ1n) is 10.1. The second-order valence-corrected chi connectivity index (χ2v) is 8.86. The molecule has 0 radical (unpaired) electrons. The van der Waals surface area contributed by atoms with Gasteiger partial charge in [-0.05, 0) is 52.4 Å². The number of nitrogens with one attached hydrogen (secondary N) is 1. The van der Waals surface area contributed by atoms with E-state index in [1.165, 1.54) is 10.6 Å². The van der Waals surface area contributed by atoms with Crippen molar-refractivity contribution in [2.45, 2.75) is 45.7 Å². The fourth-order valence-corrected chi connectivity index (χ4v) is 3.43. The van der Waals surface area contributed by atoms with Crippen molar-refractivity contribution in [1.29, 1.82) is 0 Å². The minimum absolute atomic E-state index is 0.0828. The van der Waals surface area contributed by atoms with E-state index < -0.39 is 0 Å². The summed E-state index contributed by atoms with van der Waals surface area (Å²) in [6.45, 7) is 8.03. The molecule has 1 atom stereocenters. The fourth-order valence-electron chi connectivity index (χ4n) is 3.43. The zero-order valence-corrected chi connectivity index (χ0v) is 18.3. The molecule has 2 amide bonds. The molecule has 2 aromatic rings. The molecule has 0 saturated heterocycles. The highest BCUT2D eigenvalue weighted by molar-refractivity contribution is 6.03. The van der Waals surface area contributed by atoms with Gasteiger partial charge in [-0.25, -0.2) is 5.01 Å². The highest BCUT2D eigenvalue weighted by Crippen LogP contribution is 2.33. The normalized spacial score (nSPS) is 16.7. The van der Waals surface area contributed by atoms with Crippen LogP contribution >= 0.6 is 0 Å². The van der Waals surface area contributed by atoms with Gasteiger partial charge in [0.05, 0.1) is 25.1 Å². The number of aryl methyl sites for hydroxylation is 1. The van der Waals surface area contributed by atoms with E-state index in [4.69, 9.17) is 4.42 Å². The molecular formula is C23H30N4O3. The lowest BCUT2D eigenvalue weighted by Crippen LogP contribution is -2.46. The maximum atomic E-state index is 13.1. The Morgan fingerprint density at radius 2 is 1.90 bits per heavy atom. The smallest absolute Gasteiger partial charge is 0.257 e. The number of hydrogen-bond acceptors (Lipinski definition) is 5. The summed E-state index contributed by atoms with van der Waals surface area (Å²) >= 11 is 0. The van der Waals surface area contributed by atoms with E-state index in [2.05, 4.69) is 10.4 Å². The highest BCUT2D eigenvalue weighted by Gasteiger charge is 2.35. The van der Waals surface area contributed by atoms with Crippen molar-refractivity contribution in [2.24, 2.45) is 5.10 Å². The Morgan fingerprint density at radius 3 is 2.50 bits per heavy atom. The summed E-state index contributed by atoms with van der Waals surface area (Å²) in [6, 6.07) is 11.5. The summed E-state index contributed by atoms with van der Waals surface area (Å²) in [5.41, 5.74) is 2.69. The van der Waals surface area contributed by atoms with E-state index in [1.807, 2.05) is 64.1 Å². The molecule has 2 heterocycles. The third-order valence-electron chi connectivity index (χ3n) is 4.76. The molecule has 0 fully saturated rings. The number of benzene rings is 1. The highest BCUT2D eigenvalue weighted by atomic mass is 16.3. The van der Waals surface area contributed by atoms with Crippen LogP contribution in [-0.4, -0.2) is 53.1 Å². The molecule has 1 aliphatic heterocycles. The number of nitrogens with zero attached hydrogens (tertiary/aromatic N) is 3. The van der Waals surface area contributed by atoms with Crippen LogP contribution in [-0.2, 0) is 9.59 Å². The van der Waals surface area contributed by atoms with E-state index in [1.54, 1.807) is 18.2 Å². The molecule has 0 saturated carbocycles. The van der Waals surface area contributed by atoms with Crippen LogP contribution in [0.1, 0.15) is 50.1 Å². The molecule has 0 unspecified atom stereocenters. The quantitative estimate of drug-likeness (QED) is 0.794. The topological polar surface area (TPSA) is 78.2 Å². The number of rotatable bonds is 6. The van der Waals surface area contributed by atoms with Crippen molar-refractivity contribution in [3.63, 3.8) is 0 Å². The molecule has 1 aliphatic rings. The number of likely N-dealkylation sites (N-methyl/N-ethyl adjacent to an activating group) is 1. The molecule has 7 heteroatoms. The second-order valence-electron chi connectivity index (χ2n) is 8.86. The monoisotopic (exact) mass is 410 g/mol. The summed E-state index contributed by atoms with van der Waals surface area (Å²) in [4.78, 5) is 26.9. The minimum atomic E-state index is -0.311. The van der Waals surface area contributed by atoms with Crippen LogP contribution in [0.5, 0.6) is 0 Å². The summed E-state index contributed by atoms with van der Waals surface area (Å²) in [6.07, 6.45) is 2.18. The maximum Gasteiger partial charge on any atom is 0.257 e. The van der Waals surface area contributed by atoms with Crippen molar-refractivity contribution in [3.05, 3.63) is 59.5 Å². The van der Waals surface area contributed by atoms with E-state index in [0.29, 0.717) is 12.2 Å². The fraction of sp³-hybridized carbons (Fsp3) is 0.435. The van der Waals surface area contributed by atoms with E-state index in [-0.39, 0.29) is 36.5 Å². The number of amides is 2. The molecule has 0 bridgehead atoms. The van der Waals surface area contributed by atoms with E-state index in [0.717, 1.165) is 11.3 Å². The molecule has 0 aliphatic carbocycles. The Labute approximate surface area is 177 Å². The lowest BCUT2D eigenvalue weighted by Gasteiger charge is -2.25. The van der Waals surface area contributed by atoms with Crippen LogP contribution in [0, 0.1) is 6.92 Å². The summed E-state index contributed by atoms with van der Waals surface area (Å²) in [7, 11) is 1.75. The van der Waals surface area contributed by atoms with Gasteiger partial charge in [0.1, 0.15) is 11.8 Å². The van der Waals surface area contributed by atoms with Crippen LogP contribution in [0.25, 0.3) is 0 Å². The van der Waals surface area contributed by atoms with Gasteiger partial charge in [-0.15, -0.1) is 0 Å². The SMILES string of the molecule is Cc1ccc(C2=NN(C(=O)CN(C)CC(=O)NC(C)(C)C)[C@H](c3ccco3)C2)cc1. The van der Waals surface area contributed by atoms with Crippen LogP contribution in [0.15, 0.2) is 52.2 Å². The third kappa shape index (κ3) is 5.57. The first kappa shape index (κ1) is 21.8. The summed E-state index contributed by atoms with van der Waals surface area (Å²) < 4.78 is 5.58. The first-order valence-corrected chi connectivity index (χ1v) is 10.1. The van der Waals surface area contributed by atoms with Gasteiger partial charge in [-0.1, -0.05) is 29.8 Å². The largest absolute Gasteiger partial charge is 0.467 e. The van der Waals surface area contributed by atoms with Gasteiger partial charge >= 0.3 is 0 Å². The lowest BCUT2D eigenvalue weighted by atomic mass is 10.0. The van der Waals surface area contributed by atoms with Crippen molar-refractivity contribution in [2.75, 3.05) is 20.1 Å². The van der Waals surface area contributed by atoms with Gasteiger partial charge in [0.25, 0.3) is 5.91 Å². The molecule has 1 aromatic carbocycles. The average molecular weight is 411 g/mol. The minimum Gasteiger partial charge on any atom is -0.467 e. The number of carbonyl (C=O) groups is 2. The molecule has 1 N–H and O–H groups in total. The Bertz CT molecular complexity index is 911. The van der Waals surface area contributed by atoms with Crippen LogP contribution < -0.4 is 5.32 Å². The summed E-state index contributed by atoms with van der Waals surface area (Å²) in [5.74, 6) is 0.401. The predicted octanol–water partition coefficient (Wildman–Crippen LogP) is 3.11. The maximum absolute atomic E-state index is 13.1. The Hall–Kier alpha value is -2.93. The van der Waals surface area contributed by atoms with Crippen LogP contribution in [0.2, 0.25) is 0 Å². The number of furan rings is 1. The van der Waals surface area contributed by atoms with Gasteiger partial charge in [0.15, 0.2) is 0 Å². The zero-order valence-electron chi connectivity index (χ0n) is 18.3. The molecular weight excluding hydrogens is 380 g/mol. The standard InChI is InChI=1S/C23H30N4O3/c1-16-8-10-17(11-9-16)18-13-19(20-7-6-12-30-20)27(25-18)22(29)15-26(5)14-21(28)24-23(2,3)4/h6-12,19H,13-15H2,1-5H3,(H,24,28)/t19-/m0/s1. The van der Waals surface area contributed by atoms with Crippen molar-refractivity contribution < 1.29 is 14.0 Å². The van der Waals surface area contributed by atoms with Crippen LogP contribution in [0.4, 0.5) is 0 Å². The van der Waals surface area contributed by atoms with Gasteiger partial charge < -0.3 is 9.73 Å². The Morgan fingerprint density at radius 1 is 1.20 bits per heavy atom. The van der Waals surface area contributed by atoms with Crippen molar-refractivity contribution >= 4 is 17.5 Å². The first-order chi connectivity index (χ1) is 14.1. The number of hydrazone groups is 1. The van der Waals surface area contributed by atoms with Crippen LogP contribution in [0.3, 0.4) is 0 Å². The average Bonchev–Trinajstić information content (AvgIpc) is 3.30. The molecule has 30 heavy (non-hydrogen) atoms. The van der Waals surface area contributed by atoms with Gasteiger partial charge in [-0.2, -0.15) is 5.10 Å². The molecule has 1 aromatic heterocycles. The summed E-state index contributed by atoms with van der Waals surface area (Å²) in [5, 5.41) is 9.03.